The lowest BCUT2D eigenvalue weighted by molar-refractivity contribution is -0.120. The van der Waals surface area contributed by atoms with E-state index < -0.39 is 0 Å². The van der Waals surface area contributed by atoms with Crippen LogP contribution >= 0.6 is 11.3 Å². The van der Waals surface area contributed by atoms with Crippen molar-refractivity contribution < 1.29 is 9.21 Å². The number of piperazine rings is 1. The number of amides is 1. The van der Waals surface area contributed by atoms with Gasteiger partial charge in [-0.2, -0.15) is 0 Å². The number of hydrogen-bond acceptors (Lipinski definition) is 7. The highest BCUT2D eigenvalue weighted by atomic mass is 32.1. The minimum Gasteiger partial charge on any atom is -0.459 e. The maximum Gasteiger partial charge on any atom is 0.226 e. The Labute approximate surface area is 174 Å². The molecule has 3 aromatic heterocycles. The van der Waals surface area contributed by atoms with Crippen LogP contribution in [0.25, 0.3) is 10.8 Å². The smallest absolute Gasteiger partial charge is 0.226 e. The molecule has 1 saturated heterocycles. The van der Waals surface area contributed by atoms with E-state index in [1.54, 1.807) is 0 Å². The zero-order valence-electron chi connectivity index (χ0n) is 16.7. The average molecular weight is 412 g/mol. The number of hydrogen-bond donors (Lipinski definition) is 1. The molecular formula is C21H25N5O2S. The number of furan rings is 1. The summed E-state index contributed by atoms with van der Waals surface area (Å²) in [7, 11) is 2.14. The van der Waals surface area contributed by atoms with Crippen molar-refractivity contribution in [3.63, 3.8) is 0 Å². The van der Waals surface area contributed by atoms with Gasteiger partial charge in [0.25, 0.3) is 0 Å². The molecule has 0 bridgehead atoms. The van der Waals surface area contributed by atoms with Crippen LogP contribution in [0.1, 0.15) is 17.0 Å². The molecule has 29 heavy (non-hydrogen) atoms. The average Bonchev–Trinajstić information content (AvgIpc) is 3.36. The van der Waals surface area contributed by atoms with Gasteiger partial charge in [-0.3, -0.25) is 4.79 Å². The maximum atomic E-state index is 12.4. The number of anilines is 1. The zero-order chi connectivity index (χ0) is 20.2. The molecule has 1 amide bonds. The molecule has 1 N–H and O–H groups in total. The van der Waals surface area contributed by atoms with Crippen molar-refractivity contribution >= 4 is 23.1 Å². The van der Waals surface area contributed by atoms with Crippen LogP contribution < -0.4 is 10.2 Å². The molecule has 7 nitrogen and oxygen atoms in total. The Morgan fingerprint density at radius 3 is 2.83 bits per heavy atom. The second-order valence-electron chi connectivity index (χ2n) is 7.32. The lowest BCUT2D eigenvalue weighted by Gasteiger charge is -2.33. The molecule has 0 unspecified atom stereocenters. The second kappa shape index (κ2) is 8.75. The number of aromatic nitrogens is 2. The second-order valence-corrected chi connectivity index (χ2v) is 8.18. The molecule has 0 radical (unpaired) electrons. The van der Waals surface area contributed by atoms with Gasteiger partial charge in [0, 0.05) is 44.3 Å². The Hall–Kier alpha value is -2.71. The van der Waals surface area contributed by atoms with Crippen LogP contribution in [0.5, 0.6) is 0 Å². The lowest BCUT2D eigenvalue weighted by Crippen LogP contribution is -2.44. The number of likely N-dealkylation sites (N-methyl/N-ethyl adjacent to an activating group) is 1. The highest BCUT2D eigenvalue weighted by Crippen LogP contribution is 2.25. The van der Waals surface area contributed by atoms with Gasteiger partial charge >= 0.3 is 0 Å². The SMILES string of the molecule is Cc1ccc(-c2nc(CC(=O)NCc3ccnc(N4CCN(C)CC4)c3)cs2)o1. The number of nitrogens with zero attached hydrogens (tertiary/aromatic N) is 4. The number of rotatable bonds is 6. The first-order valence-electron chi connectivity index (χ1n) is 9.73. The Balaban J connectivity index is 1.31. The fourth-order valence-electron chi connectivity index (χ4n) is 3.26. The van der Waals surface area contributed by atoms with Crippen LogP contribution in [-0.2, 0) is 17.8 Å². The Morgan fingerprint density at radius 2 is 2.07 bits per heavy atom. The largest absolute Gasteiger partial charge is 0.459 e. The molecular weight excluding hydrogens is 386 g/mol. The first-order chi connectivity index (χ1) is 14.1. The van der Waals surface area contributed by atoms with E-state index in [4.69, 9.17) is 4.42 Å². The number of thiazole rings is 1. The van der Waals surface area contributed by atoms with E-state index in [1.165, 1.54) is 11.3 Å². The van der Waals surface area contributed by atoms with Gasteiger partial charge in [-0.05, 0) is 43.8 Å². The third-order valence-corrected chi connectivity index (χ3v) is 5.88. The van der Waals surface area contributed by atoms with Gasteiger partial charge in [0.1, 0.15) is 11.6 Å². The van der Waals surface area contributed by atoms with Crippen molar-refractivity contribution in [2.75, 3.05) is 38.1 Å². The number of nitrogens with one attached hydrogen (secondary N) is 1. The summed E-state index contributed by atoms with van der Waals surface area (Å²) in [5.74, 6) is 2.52. The van der Waals surface area contributed by atoms with Crippen molar-refractivity contribution in [1.82, 2.24) is 20.2 Å². The van der Waals surface area contributed by atoms with Crippen LogP contribution in [0.4, 0.5) is 5.82 Å². The number of aryl methyl sites for hydroxylation is 1. The summed E-state index contributed by atoms with van der Waals surface area (Å²) < 4.78 is 5.60. The summed E-state index contributed by atoms with van der Waals surface area (Å²) in [6.07, 6.45) is 2.07. The predicted octanol–water partition coefficient (Wildman–Crippen LogP) is 2.72. The summed E-state index contributed by atoms with van der Waals surface area (Å²) in [6.45, 7) is 6.41. The van der Waals surface area contributed by atoms with Crippen LogP contribution in [0.3, 0.4) is 0 Å². The summed E-state index contributed by atoms with van der Waals surface area (Å²) >= 11 is 1.49. The van der Waals surface area contributed by atoms with Crippen LogP contribution in [-0.4, -0.2) is 54.0 Å². The van der Waals surface area contributed by atoms with Gasteiger partial charge < -0.3 is 19.5 Å². The van der Waals surface area contributed by atoms with E-state index in [0.29, 0.717) is 6.54 Å². The fraction of sp³-hybridized carbons (Fsp3) is 0.381. The number of pyridine rings is 1. The van der Waals surface area contributed by atoms with E-state index in [-0.39, 0.29) is 12.3 Å². The molecule has 0 spiro atoms. The molecule has 0 aromatic carbocycles. The van der Waals surface area contributed by atoms with Crippen molar-refractivity contribution in [1.29, 1.82) is 0 Å². The highest BCUT2D eigenvalue weighted by molar-refractivity contribution is 7.13. The van der Waals surface area contributed by atoms with Gasteiger partial charge in [0.2, 0.25) is 5.91 Å². The molecule has 4 rings (SSSR count). The molecule has 0 atom stereocenters. The first kappa shape index (κ1) is 19.6. The van der Waals surface area contributed by atoms with Crippen LogP contribution in [0, 0.1) is 6.92 Å². The Bertz CT molecular complexity index is 975. The van der Waals surface area contributed by atoms with Gasteiger partial charge in [0.15, 0.2) is 10.8 Å². The standard InChI is InChI=1S/C21H25N5O2S/c1-15-3-4-18(28-15)21-24-17(14-29-21)12-20(27)23-13-16-5-6-22-19(11-16)26-9-7-25(2)8-10-26/h3-6,11,14H,7-10,12-13H2,1-2H3,(H,23,27). The van der Waals surface area contributed by atoms with Crippen molar-refractivity contribution in [3.8, 4) is 10.8 Å². The molecule has 0 aliphatic carbocycles. The lowest BCUT2D eigenvalue weighted by atomic mass is 10.2. The van der Waals surface area contributed by atoms with Gasteiger partial charge in [-0.25, -0.2) is 9.97 Å². The van der Waals surface area contributed by atoms with E-state index in [2.05, 4.69) is 38.2 Å². The third kappa shape index (κ3) is 5.02. The van der Waals surface area contributed by atoms with Gasteiger partial charge in [0.05, 0.1) is 12.1 Å². The van der Waals surface area contributed by atoms with E-state index in [0.717, 1.165) is 59.8 Å². The summed E-state index contributed by atoms with van der Waals surface area (Å²) in [6, 6.07) is 7.82. The molecule has 4 heterocycles. The van der Waals surface area contributed by atoms with Crippen molar-refractivity contribution in [3.05, 3.63) is 52.9 Å². The normalized spacial score (nSPS) is 14.9. The summed E-state index contributed by atoms with van der Waals surface area (Å²) in [4.78, 5) is 26.0. The summed E-state index contributed by atoms with van der Waals surface area (Å²) in [5.41, 5.74) is 1.80. The molecule has 1 aliphatic rings. The zero-order valence-corrected chi connectivity index (χ0v) is 17.5. The van der Waals surface area contributed by atoms with E-state index in [1.807, 2.05) is 36.7 Å². The van der Waals surface area contributed by atoms with Crippen molar-refractivity contribution in [2.45, 2.75) is 19.9 Å². The third-order valence-electron chi connectivity index (χ3n) is 4.97. The van der Waals surface area contributed by atoms with Crippen molar-refractivity contribution in [2.24, 2.45) is 0 Å². The fourth-order valence-corrected chi connectivity index (χ4v) is 4.04. The van der Waals surface area contributed by atoms with Gasteiger partial charge in [-0.15, -0.1) is 11.3 Å². The van der Waals surface area contributed by atoms with Crippen LogP contribution in [0.2, 0.25) is 0 Å². The Kier molecular flexibility index (Phi) is 5.92. The van der Waals surface area contributed by atoms with E-state index in [9.17, 15) is 4.79 Å². The molecule has 0 saturated carbocycles. The molecule has 3 aromatic rings. The monoisotopic (exact) mass is 411 g/mol. The Morgan fingerprint density at radius 1 is 1.24 bits per heavy atom. The number of carbonyl (C=O) groups is 1. The minimum atomic E-state index is -0.0459. The van der Waals surface area contributed by atoms with Crippen LogP contribution in [0.15, 0.2) is 40.3 Å². The first-order valence-corrected chi connectivity index (χ1v) is 10.6. The quantitative estimate of drug-likeness (QED) is 0.672. The molecule has 1 fully saturated rings. The molecule has 8 heteroatoms. The maximum absolute atomic E-state index is 12.4. The summed E-state index contributed by atoms with van der Waals surface area (Å²) in [5, 5.41) is 5.69. The topological polar surface area (TPSA) is 74.5 Å². The molecule has 1 aliphatic heterocycles. The minimum absolute atomic E-state index is 0.0459. The van der Waals surface area contributed by atoms with Gasteiger partial charge in [-0.1, -0.05) is 0 Å². The number of carbonyl (C=O) groups excluding carboxylic acids is 1. The molecule has 152 valence electrons. The predicted molar refractivity (Wildman–Crippen MR) is 114 cm³/mol. The van der Waals surface area contributed by atoms with E-state index >= 15 is 0 Å². The highest BCUT2D eigenvalue weighted by Gasteiger charge is 2.16.